The molecule has 0 aromatic heterocycles. The first-order valence-electron chi connectivity index (χ1n) is 6.65. The molecular formula is C14H16Cl2N2O2. The fraction of sp³-hybridized carbons (Fsp3) is 0.500. The summed E-state index contributed by atoms with van der Waals surface area (Å²) in [4.78, 5) is 12.8. The monoisotopic (exact) mass is 314 g/mol. The molecule has 0 bridgehead atoms. The molecule has 20 heavy (non-hydrogen) atoms. The summed E-state index contributed by atoms with van der Waals surface area (Å²) in [6.07, 6.45) is 0.838. The Morgan fingerprint density at radius 2 is 2.10 bits per heavy atom. The first-order valence-corrected chi connectivity index (χ1v) is 7.41. The van der Waals surface area contributed by atoms with Crippen molar-refractivity contribution in [1.29, 1.82) is 0 Å². The van der Waals surface area contributed by atoms with Gasteiger partial charge in [-0.05, 0) is 43.1 Å². The smallest absolute Gasteiger partial charge is 0.407 e. The average Bonchev–Trinajstić information content (AvgIpc) is 2.83. The molecule has 2 N–H and O–H groups in total. The lowest BCUT2D eigenvalue weighted by Crippen LogP contribution is -2.67. The number of carbonyl (C=O) groups is 1. The summed E-state index contributed by atoms with van der Waals surface area (Å²) in [6.45, 7) is 2.46. The molecule has 2 fully saturated rings. The van der Waals surface area contributed by atoms with Crippen LogP contribution in [0.15, 0.2) is 18.2 Å². The Bertz CT molecular complexity index is 524. The van der Waals surface area contributed by atoms with Gasteiger partial charge in [-0.1, -0.05) is 23.2 Å². The molecule has 108 valence electrons. The van der Waals surface area contributed by atoms with Gasteiger partial charge in [0, 0.05) is 34.6 Å². The van der Waals surface area contributed by atoms with Crippen molar-refractivity contribution in [3.8, 4) is 0 Å². The number of nitrogens with one attached hydrogen (secondary N) is 1. The van der Waals surface area contributed by atoms with Gasteiger partial charge in [0.1, 0.15) is 0 Å². The Morgan fingerprint density at radius 3 is 2.65 bits per heavy atom. The molecule has 2 saturated heterocycles. The van der Waals surface area contributed by atoms with Gasteiger partial charge in [-0.3, -0.25) is 0 Å². The summed E-state index contributed by atoms with van der Waals surface area (Å²) in [7, 11) is 0. The Labute approximate surface area is 127 Å². The highest BCUT2D eigenvalue weighted by Crippen LogP contribution is 2.44. The first kappa shape index (κ1) is 14.0. The molecule has 1 aromatic rings. The van der Waals surface area contributed by atoms with E-state index in [1.807, 2.05) is 12.1 Å². The van der Waals surface area contributed by atoms with Crippen molar-refractivity contribution in [1.82, 2.24) is 10.2 Å². The number of halogens is 2. The zero-order valence-corrected chi connectivity index (χ0v) is 12.4. The summed E-state index contributed by atoms with van der Waals surface area (Å²) < 4.78 is 0. The molecule has 0 saturated carbocycles. The topological polar surface area (TPSA) is 52.6 Å². The lowest BCUT2D eigenvalue weighted by Gasteiger charge is -2.54. The van der Waals surface area contributed by atoms with Gasteiger partial charge in [-0.15, -0.1) is 0 Å². The molecule has 2 aliphatic heterocycles. The Balaban J connectivity index is 1.83. The van der Waals surface area contributed by atoms with Gasteiger partial charge in [-0.2, -0.15) is 0 Å². The minimum atomic E-state index is -0.847. The van der Waals surface area contributed by atoms with Crippen LogP contribution in [0.3, 0.4) is 0 Å². The van der Waals surface area contributed by atoms with E-state index in [1.165, 1.54) is 4.90 Å². The van der Waals surface area contributed by atoms with Crippen LogP contribution >= 0.6 is 23.2 Å². The normalized spacial score (nSPS) is 28.7. The molecule has 6 heteroatoms. The highest BCUT2D eigenvalue weighted by atomic mass is 35.5. The summed E-state index contributed by atoms with van der Waals surface area (Å²) in [5.41, 5.74) is 1.07. The SMILES string of the molecule is O=C(O)N1CC2(CCNC2)C1Cc1cc(Cl)cc(Cl)c1. The van der Waals surface area contributed by atoms with E-state index in [-0.39, 0.29) is 11.5 Å². The quantitative estimate of drug-likeness (QED) is 0.882. The molecule has 1 spiro atoms. The van der Waals surface area contributed by atoms with E-state index in [2.05, 4.69) is 5.32 Å². The number of carboxylic acid groups (broad SMARTS) is 1. The summed E-state index contributed by atoms with van der Waals surface area (Å²) >= 11 is 12.0. The van der Waals surface area contributed by atoms with Gasteiger partial charge in [0.25, 0.3) is 0 Å². The Morgan fingerprint density at radius 1 is 1.40 bits per heavy atom. The highest BCUT2D eigenvalue weighted by molar-refractivity contribution is 6.34. The van der Waals surface area contributed by atoms with Gasteiger partial charge >= 0.3 is 6.09 Å². The van der Waals surface area contributed by atoms with Crippen molar-refractivity contribution in [2.24, 2.45) is 5.41 Å². The van der Waals surface area contributed by atoms with E-state index >= 15 is 0 Å². The minimum absolute atomic E-state index is 0.00420. The van der Waals surface area contributed by atoms with Crippen LogP contribution in [0.1, 0.15) is 12.0 Å². The standard InChI is InChI=1S/C14H16Cl2N2O2/c15-10-3-9(4-11(16)6-10)5-12-14(1-2-17-7-14)8-18(12)13(19)20/h3-4,6,12,17H,1-2,5,7-8H2,(H,19,20). The second kappa shape index (κ2) is 5.10. The van der Waals surface area contributed by atoms with Crippen LogP contribution < -0.4 is 5.32 Å². The van der Waals surface area contributed by atoms with E-state index in [4.69, 9.17) is 23.2 Å². The summed E-state index contributed by atoms with van der Waals surface area (Å²) in [6, 6.07) is 5.42. The van der Waals surface area contributed by atoms with Crippen LogP contribution in [0.2, 0.25) is 10.0 Å². The maximum Gasteiger partial charge on any atom is 0.407 e. The highest BCUT2D eigenvalue weighted by Gasteiger charge is 2.55. The molecule has 0 aliphatic carbocycles. The van der Waals surface area contributed by atoms with Crippen LogP contribution in [0, 0.1) is 5.41 Å². The van der Waals surface area contributed by atoms with Crippen molar-refractivity contribution < 1.29 is 9.90 Å². The third kappa shape index (κ3) is 2.36. The molecule has 2 heterocycles. The fourth-order valence-electron chi connectivity index (χ4n) is 3.44. The predicted octanol–water partition coefficient (Wildman–Crippen LogP) is 2.88. The second-order valence-corrected chi connectivity index (χ2v) is 6.57. The van der Waals surface area contributed by atoms with E-state index in [1.54, 1.807) is 6.07 Å². The first-order chi connectivity index (χ1) is 9.50. The van der Waals surface area contributed by atoms with Crippen LogP contribution in [0.4, 0.5) is 4.79 Å². The lowest BCUT2D eigenvalue weighted by atomic mass is 9.69. The van der Waals surface area contributed by atoms with Crippen LogP contribution in [0.25, 0.3) is 0 Å². The number of nitrogens with zero attached hydrogens (tertiary/aromatic N) is 1. The van der Waals surface area contributed by atoms with Gasteiger partial charge < -0.3 is 15.3 Å². The van der Waals surface area contributed by atoms with Crippen molar-refractivity contribution in [3.63, 3.8) is 0 Å². The molecule has 0 radical (unpaired) electrons. The lowest BCUT2D eigenvalue weighted by molar-refractivity contribution is -0.0428. The van der Waals surface area contributed by atoms with Crippen molar-refractivity contribution in [3.05, 3.63) is 33.8 Å². The van der Waals surface area contributed by atoms with Crippen molar-refractivity contribution in [2.75, 3.05) is 19.6 Å². The molecule has 2 unspecified atom stereocenters. The number of amides is 1. The van der Waals surface area contributed by atoms with Crippen molar-refractivity contribution in [2.45, 2.75) is 18.9 Å². The van der Waals surface area contributed by atoms with Gasteiger partial charge in [-0.25, -0.2) is 4.79 Å². The average molecular weight is 315 g/mol. The van der Waals surface area contributed by atoms with E-state index in [0.717, 1.165) is 25.1 Å². The third-order valence-electron chi connectivity index (χ3n) is 4.44. The second-order valence-electron chi connectivity index (χ2n) is 5.70. The molecular weight excluding hydrogens is 299 g/mol. The number of hydrogen-bond donors (Lipinski definition) is 2. The molecule has 4 nitrogen and oxygen atoms in total. The number of hydrogen-bond acceptors (Lipinski definition) is 2. The summed E-state index contributed by atoms with van der Waals surface area (Å²) in [5.74, 6) is 0. The third-order valence-corrected chi connectivity index (χ3v) is 4.88. The molecule has 2 aliphatic rings. The van der Waals surface area contributed by atoms with Crippen LogP contribution in [0.5, 0.6) is 0 Å². The van der Waals surface area contributed by atoms with Gasteiger partial charge in [0.05, 0.1) is 0 Å². The fourth-order valence-corrected chi connectivity index (χ4v) is 4.01. The maximum absolute atomic E-state index is 11.3. The number of rotatable bonds is 2. The Hall–Kier alpha value is -0.970. The zero-order valence-electron chi connectivity index (χ0n) is 10.9. The molecule has 3 rings (SSSR count). The number of likely N-dealkylation sites (tertiary alicyclic amines) is 1. The molecule has 1 aromatic carbocycles. The van der Waals surface area contributed by atoms with E-state index < -0.39 is 6.09 Å². The van der Waals surface area contributed by atoms with Gasteiger partial charge in [0.15, 0.2) is 0 Å². The van der Waals surface area contributed by atoms with Gasteiger partial charge in [0.2, 0.25) is 0 Å². The molecule has 1 amide bonds. The van der Waals surface area contributed by atoms with Crippen molar-refractivity contribution >= 4 is 29.3 Å². The summed E-state index contributed by atoms with van der Waals surface area (Å²) in [5, 5.41) is 13.8. The minimum Gasteiger partial charge on any atom is -0.465 e. The maximum atomic E-state index is 11.3. The number of benzene rings is 1. The Kier molecular flexibility index (Phi) is 3.56. The predicted molar refractivity (Wildman–Crippen MR) is 78.6 cm³/mol. The van der Waals surface area contributed by atoms with E-state index in [9.17, 15) is 9.90 Å². The largest absolute Gasteiger partial charge is 0.465 e. The van der Waals surface area contributed by atoms with E-state index in [0.29, 0.717) is 23.0 Å². The zero-order chi connectivity index (χ0) is 14.3. The van der Waals surface area contributed by atoms with Crippen LogP contribution in [-0.2, 0) is 6.42 Å². The van der Waals surface area contributed by atoms with Crippen LogP contribution in [-0.4, -0.2) is 41.8 Å². The molecule has 2 atom stereocenters.